The Hall–Kier alpha value is -3.75. The molecule has 34 heavy (non-hydrogen) atoms. The van der Waals surface area contributed by atoms with E-state index in [1.165, 1.54) is 18.2 Å². The first kappa shape index (κ1) is 23.4. The number of nitrogens with one attached hydrogen (secondary N) is 1. The van der Waals surface area contributed by atoms with E-state index in [1.54, 1.807) is 30.3 Å². The van der Waals surface area contributed by atoms with Gasteiger partial charge in [0.2, 0.25) is 5.91 Å². The molecule has 0 aliphatic carbocycles. The number of halogens is 1. The van der Waals surface area contributed by atoms with Crippen molar-refractivity contribution >= 4 is 40.4 Å². The maximum atomic E-state index is 13.0. The van der Waals surface area contributed by atoms with Gasteiger partial charge in [0.1, 0.15) is 0 Å². The van der Waals surface area contributed by atoms with Crippen LogP contribution in [0.4, 0.5) is 17.1 Å². The summed E-state index contributed by atoms with van der Waals surface area (Å²) in [6, 6.07) is 20.0. The molecule has 1 fully saturated rings. The minimum absolute atomic E-state index is 0.0829. The van der Waals surface area contributed by atoms with Crippen LogP contribution in [-0.2, 0) is 4.79 Å². The molecule has 1 aliphatic heterocycles. The van der Waals surface area contributed by atoms with E-state index < -0.39 is 10.7 Å². The summed E-state index contributed by atoms with van der Waals surface area (Å²) in [5, 5.41) is 14.7. The second-order valence-electron chi connectivity index (χ2n) is 7.97. The van der Waals surface area contributed by atoms with Gasteiger partial charge in [0.15, 0.2) is 5.78 Å². The van der Waals surface area contributed by atoms with Gasteiger partial charge in [-0.15, -0.1) is 0 Å². The lowest BCUT2D eigenvalue weighted by Crippen LogP contribution is -2.48. The maximum absolute atomic E-state index is 13.0. The summed E-state index contributed by atoms with van der Waals surface area (Å²) in [7, 11) is 0. The first-order valence-electron chi connectivity index (χ1n) is 10.8. The van der Waals surface area contributed by atoms with Crippen LogP contribution in [0.1, 0.15) is 15.9 Å². The number of nitro groups is 1. The van der Waals surface area contributed by atoms with Gasteiger partial charge in [-0.1, -0.05) is 48.0 Å². The molecular weight excluding hydrogens is 456 g/mol. The number of ketones is 1. The number of hydrogen-bond donors (Lipinski definition) is 1. The molecule has 4 rings (SSSR count). The first-order valence-corrected chi connectivity index (χ1v) is 11.2. The molecular formula is C25H23ClN4O4. The van der Waals surface area contributed by atoms with Gasteiger partial charge in [-0.05, 0) is 24.3 Å². The number of rotatable bonds is 7. The summed E-state index contributed by atoms with van der Waals surface area (Å²) < 4.78 is 0. The Labute approximate surface area is 201 Å². The molecule has 1 amide bonds. The Kier molecular flexibility index (Phi) is 7.20. The van der Waals surface area contributed by atoms with E-state index >= 15 is 0 Å². The number of non-ortho nitro benzene ring substituents is 1. The van der Waals surface area contributed by atoms with Crippen molar-refractivity contribution in [3.05, 3.63) is 99.1 Å². The van der Waals surface area contributed by atoms with Gasteiger partial charge < -0.3 is 10.2 Å². The number of carbonyl (C=O) groups is 2. The molecule has 174 valence electrons. The molecule has 3 aromatic rings. The first-order chi connectivity index (χ1) is 16.4. The number of hydrogen-bond acceptors (Lipinski definition) is 6. The summed E-state index contributed by atoms with van der Waals surface area (Å²) in [5.41, 5.74) is 1.55. The molecule has 0 radical (unpaired) electrons. The third-order valence-corrected chi connectivity index (χ3v) is 5.92. The summed E-state index contributed by atoms with van der Waals surface area (Å²) >= 11 is 6.09. The van der Waals surface area contributed by atoms with Crippen molar-refractivity contribution in [2.45, 2.75) is 0 Å². The molecule has 0 spiro atoms. The van der Waals surface area contributed by atoms with Gasteiger partial charge in [-0.25, -0.2) is 0 Å². The van der Waals surface area contributed by atoms with Crippen molar-refractivity contribution in [1.82, 2.24) is 4.90 Å². The molecule has 1 saturated heterocycles. The summed E-state index contributed by atoms with van der Waals surface area (Å²) in [6.45, 7) is 3.04. The van der Waals surface area contributed by atoms with Gasteiger partial charge in [0, 0.05) is 54.6 Å². The second-order valence-corrected chi connectivity index (χ2v) is 8.41. The van der Waals surface area contributed by atoms with E-state index in [4.69, 9.17) is 11.6 Å². The third kappa shape index (κ3) is 5.59. The van der Waals surface area contributed by atoms with Gasteiger partial charge in [-0.3, -0.25) is 24.6 Å². The number of nitrogens with zero attached hydrogens (tertiary/aromatic N) is 3. The molecule has 1 N–H and O–H groups in total. The number of carbonyl (C=O) groups excluding carboxylic acids is 2. The van der Waals surface area contributed by atoms with Crippen LogP contribution in [0.2, 0.25) is 5.02 Å². The van der Waals surface area contributed by atoms with Crippen molar-refractivity contribution in [3.8, 4) is 0 Å². The Balaban J connectivity index is 1.43. The van der Waals surface area contributed by atoms with Gasteiger partial charge in [-0.2, -0.15) is 0 Å². The second kappa shape index (κ2) is 10.5. The third-order valence-electron chi connectivity index (χ3n) is 5.68. The van der Waals surface area contributed by atoms with E-state index in [0.29, 0.717) is 23.7 Å². The predicted octanol–water partition coefficient (Wildman–Crippen LogP) is 4.24. The van der Waals surface area contributed by atoms with Crippen LogP contribution < -0.4 is 10.2 Å². The lowest BCUT2D eigenvalue weighted by molar-refractivity contribution is -0.384. The van der Waals surface area contributed by atoms with Crippen LogP contribution in [0.5, 0.6) is 0 Å². The molecule has 1 aliphatic rings. The van der Waals surface area contributed by atoms with Crippen LogP contribution >= 0.6 is 11.6 Å². The van der Waals surface area contributed by atoms with Crippen LogP contribution in [0, 0.1) is 10.1 Å². The average molecular weight is 479 g/mol. The Morgan fingerprint density at radius 3 is 2.35 bits per heavy atom. The number of anilines is 2. The highest BCUT2D eigenvalue weighted by atomic mass is 35.5. The number of piperazine rings is 1. The fraction of sp³-hybridized carbons (Fsp3) is 0.200. The summed E-state index contributed by atoms with van der Waals surface area (Å²) in [4.78, 5) is 40.7. The highest BCUT2D eigenvalue weighted by Crippen LogP contribution is 2.25. The molecule has 0 saturated carbocycles. The molecule has 9 heteroatoms. The van der Waals surface area contributed by atoms with Crippen LogP contribution in [0.3, 0.4) is 0 Å². The zero-order valence-corrected chi connectivity index (χ0v) is 19.1. The quantitative estimate of drug-likeness (QED) is 0.310. The van der Waals surface area contributed by atoms with Crippen LogP contribution in [-0.4, -0.2) is 54.2 Å². The largest absolute Gasteiger partial charge is 0.369 e. The number of benzene rings is 3. The molecule has 0 bridgehead atoms. The van der Waals surface area contributed by atoms with Crippen molar-refractivity contribution in [2.24, 2.45) is 0 Å². The van der Waals surface area contributed by atoms with Crippen molar-refractivity contribution in [3.63, 3.8) is 0 Å². The highest BCUT2D eigenvalue weighted by molar-refractivity contribution is 6.30. The van der Waals surface area contributed by atoms with E-state index in [-0.39, 0.29) is 29.4 Å². The SMILES string of the molecule is O=C(CN1CCN(c2cccc(Cl)c2)CC1)Nc1ccc([N+](=O)[O-])cc1C(=O)c1ccccc1. The van der Waals surface area contributed by atoms with Crippen LogP contribution in [0.25, 0.3) is 0 Å². The molecule has 8 nitrogen and oxygen atoms in total. The van der Waals surface area contributed by atoms with Crippen molar-refractivity contribution in [1.29, 1.82) is 0 Å². The molecule has 1 heterocycles. The molecule has 0 aromatic heterocycles. The lowest BCUT2D eigenvalue weighted by Gasteiger charge is -2.35. The van der Waals surface area contributed by atoms with E-state index in [9.17, 15) is 19.7 Å². The molecule has 3 aromatic carbocycles. The maximum Gasteiger partial charge on any atom is 0.270 e. The Bertz CT molecular complexity index is 1210. The fourth-order valence-electron chi connectivity index (χ4n) is 3.92. The summed E-state index contributed by atoms with van der Waals surface area (Å²) in [6.07, 6.45) is 0. The minimum Gasteiger partial charge on any atom is -0.369 e. The molecule has 0 atom stereocenters. The standard InChI is InChI=1S/C25H23ClN4O4/c26-19-7-4-8-20(15-19)29-13-11-28(12-14-29)17-24(31)27-23-10-9-21(30(33)34)16-22(23)25(32)18-5-2-1-3-6-18/h1-10,15-16H,11-14,17H2,(H,27,31). The minimum atomic E-state index is -0.563. The van der Waals surface area contributed by atoms with Crippen molar-refractivity contribution in [2.75, 3.05) is 42.9 Å². The van der Waals surface area contributed by atoms with Crippen molar-refractivity contribution < 1.29 is 14.5 Å². The smallest absolute Gasteiger partial charge is 0.270 e. The molecule has 0 unspecified atom stereocenters. The Morgan fingerprint density at radius 1 is 0.941 bits per heavy atom. The fourth-order valence-corrected chi connectivity index (χ4v) is 4.10. The van der Waals surface area contributed by atoms with Gasteiger partial charge in [0.25, 0.3) is 5.69 Å². The number of nitro benzene ring substituents is 1. The highest BCUT2D eigenvalue weighted by Gasteiger charge is 2.22. The van der Waals surface area contributed by atoms with Crippen LogP contribution in [0.15, 0.2) is 72.8 Å². The zero-order valence-electron chi connectivity index (χ0n) is 18.3. The summed E-state index contributed by atoms with van der Waals surface area (Å²) in [5.74, 6) is -0.679. The van der Waals surface area contributed by atoms with Gasteiger partial charge >= 0.3 is 0 Å². The topological polar surface area (TPSA) is 95.8 Å². The number of amides is 1. The normalized spacial score (nSPS) is 14.0. The Morgan fingerprint density at radius 2 is 1.68 bits per heavy atom. The lowest BCUT2D eigenvalue weighted by atomic mass is 10.0. The average Bonchev–Trinajstić information content (AvgIpc) is 2.84. The predicted molar refractivity (Wildman–Crippen MR) is 132 cm³/mol. The van der Waals surface area contributed by atoms with E-state index in [1.807, 2.05) is 29.2 Å². The monoisotopic (exact) mass is 478 g/mol. The van der Waals surface area contributed by atoms with E-state index in [2.05, 4.69) is 10.2 Å². The zero-order chi connectivity index (χ0) is 24.1. The van der Waals surface area contributed by atoms with Gasteiger partial charge in [0.05, 0.1) is 22.7 Å². The van der Waals surface area contributed by atoms with E-state index in [0.717, 1.165) is 18.8 Å².